The van der Waals surface area contributed by atoms with E-state index in [0.717, 1.165) is 62.9 Å². The van der Waals surface area contributed by atoms with E-state index in [2.05, 4.69) is 77.0 Å². The number of nitrogens with one attached hydrogen (secondary N) is 2. The fraction of sp³-hybridized carbons (Fsp3) is 0.545. The Morgan fingerprint density at radius 2 is 2.07 bits per heavy atom. The lowest BCUT2D eigenvalue weighted by atomic mass is 10.1. The van der Waals surface area contributed by atoms with Crippen LogP contribution in [0.15, 0.2) is 40.7 Å². The molecule has 0 amide bonds. The molecule has 5 nitrogen and oxygen atoms in total. The van der Waals surface area contributed by atoms with Gasteiger partial charge in [-0.2, -0.15) is 0 Å². The van der Waals surface area contributed by atoms with Crippen LogP contribution >= 0.6 is 35.3 Å². The molecule has 2 aromatic heterocycles. The van der Waals surface area contributed by atoms with Gasteiger partial charge in [-0.1, -0.05) is 19.1 Å². The maximum Gasteiger partial charge on any atom is 0.191 e. The zero-order chi connectivity index (χ0) is 19.8. The van der Waals surface area contributed by atoms with Gasteiger partial charge in [0.1, 0.15) is 5.82 Å². The summed E-state index contributed by atoms with van der Waals surface area (Å²) in [5.41, 5.74) is 1.08. The Kier molecular flexibility index (Phi) is 10.2. The molecule has 1 saturated heterocycles. The largest absolute Gasteiger partial charge is 0.357 e. The van der Waals surface area contributed by atoms with Crippen molar-refractivity contribution in [1.29, 1.82) is 0 Å². The Labute approximate surface area is 196 Å². The molecule has 1 aliphatic rings. The van der Waals surface area contributed by atoms with Gasteiger partial charge in [-0.3, -0.25) is 4.99 Å². The quantitative estimate of drug-likeness (QED) is 0.317. The molecule has 2 N–H and O–H groups in total. The standard InChI is InChI=1S/C22H33N5S.HI/c1-4-23-22(24-16-17(2)15-20-8-6-14-28-20)26-19-10-12-27(13-11-19)21-9-5-7-18(3)25-21;/h5-9,14,17,19H,4,10-13,15-16H2,1-3H3,(H2,23,24,26);1H. The number of guanidine groups is 1. The third-order valence-electron chi connectivity index (χ3n) is 5.07. The Bertz CT molecular complexity index is 741. The Morgan fingerprint density at radius 1 is 1.28 bits per heavy atom. The molecule has 0 bridgehead atoms. The van der Waals surface area contributed by atoms with Crippen LogP contribution in [0.3, 0.4) is 0 Å². The highest BCUT2D eigenvalue weighted by Crippen LogP contribution is 2.18. The zero-order valence-electron chi connectivity index (χ0n) is 17.7. The highest BCUT2D eigenvalue weighted by Gasteiger charge is 2.21. The van der Waals surface area contributed by atoms with Crippen LogP contribution in [0.25, 0.3) is 0 Å². The maximum absolute atomic E-state index is 4.85. The predicted octanol–water partition coefficient (Wildman–Crippen LogP) is 4.47. The van der Waals surface area contributed by atoms with E-state index >= 15 is 0 Å². The number of hydrogen-bond donors (Lipinski definition) is 2. The van der Waals surface area contributed by atoms with Crippen LogP contribution in [0.5, 0.6) is 0 Å². The summed E-state index contributed by atoms with van der Waals surface area (Å²) in [6.45, 7) is 10.2. The molecule has 0 spiro atoms. The molecule has 1 atom stereocenters. The minimum Gasteiger partial charge on any atom is -0.357 e. The van der Waals surface area contributed by atoms with Gasteiger partial charge in [0.2, 0.25) is 0 Å². The first kappa shape index (κ1) is 23.9. The predicted molar refractivity (Wildman–Crippen MR) is 136 cm³/mol. The number of halogens is 1. The molecule has 0 aromatic carbocycles. The average Bonchev–Trinajstić information content (AvgIpc) is 3.20. The molecular weight excluding hydrogens is 493 g/mol. The SMILES string of the molecule is CCNC(=NCC(C)Cc1cccs1)NC1CCN(c2cccc(C)n2)CC1.I. The number of nitrogens with zero attached hydrogens (tertiary/aromatic N) is 3. The number of rotatable bonds is 7. The van der Waals surface area contributed by atoms with E-state index in [0.29, 0.717) is 12.0 Å². The van der Waals surface area contributed by atoms with Crippen molar-refractivity contribution in [2.75, 3.05) is 31.1 Å². The summed E-state index contributed by atoms with van der Waals surface area (Å²) >= 11 is 1.83. The second kappa shape index (κ2) is 12.4. The van der Waals surface area contributed by atoms with Crippen LogP contribution in [0.2, 0.25) is 0 Å². The van der Waals surface area contributed by atoms with Crippen LogP contribution < -0.4 is 15.5 Å². The van der Waals surface area contributed by atoms with E-state index in [-0.39, 0.29) is 24.0 Å². The van der Waals surface area contributed by atoms with E-state index < -0.39 is 0 Å². The maximum atomic E-state index is 4.85. The van der Waals surface area contributed by atoms with E-state index in [1.54, 1.807) is 0 Å². The molecule has 0 aliphatic carbocycles. The monoisotopic (exact) mass is 527 g/mol. The molecule has 3 heterocycles. The summed E-state index contributed by atoms with van der Waals surface area (Å²) < 4.78 is 0. The Hall–Kier alpha value is -1.35. The minimum absolute atomic E-state index is 0. The summed E-state index contributed by atoms with van der Waals surface area (Å²) in [4.78, 5) is 13.3. The lowest BCUT2D eigenvalue weighted by molar-refractivity contribution is 0.458. The number of aromatic nitrogens is 1. The fourth-order valence-electron chi connectivity index (χ4n) is 3.55. The number of pyridine rings is 1. The molecule has 0 saturated carbocycles. The number of thiophene rings is 1. The van der Waals surface area contributed by atoms with Crippen molar-refractivity contribution < 1.29 is 0 Å². The van der Waals surface area contributed by atoms with Gasteiger partial charge in [-0.25, -0.2) is 4.98 Å². The number of aliphatic imine (C=N–C) groups is 1. The van der Waals surface area contributed by atoms with E-state index in [1.165, 1.54) is 4.88 Å². The van der Waals surface area contributed by atoms with Crippen molar-refractivity contribution in [3.8, 4) is 0 Å². The highest BCUT2D eigenvalue weighted by atomic mass is 127. The van der Waals surface area contributed by atoms with Gasteiger partial charge in [0.05, 0.1) is 0 Å². The molecule has 2 aromatic rings. The first-order chi connectivity index (χ1) is 13.6. The van der Waals surface area contributed by atoms with Crippen molar-refractivity contribution in [3.63, 3.8) is 0 Å². The summed E-state index contributed by atoms with van der Waals surface area (Å²) in [5.74, 6) is 2.59. The molecular formula is C22H34IN5S. The summed E-state index contributed by atoms with van der Waals surface area (Å²) in [7, 11) is 0. The zero-order valence-corrected chi connectivity index (χ0v) is 20.9. The first-order valence-electron chi connectivity index (χ1n) is 10.4. The molecule has 160 valence electrons. The van der Waals surface area contributed by atoms with Crippen molar-refractivity contribution >= 4 is 47.1 Å². The highest BCUT2D eigenvalue weighted by molar-refractivity contribution is 14.0. The van der Waals surface area contributed by atoms with Gasteiger partial charge in [0.25, 0.3) is 0 Å². The number of anilines is 1. The third-order valence-corrected chi connectivity index (χ3v) is 5.97. The molecule has 7 heteroatoms. The number of hydrogen-bond acceptors (Lipinski definition) is 4. The van der Waals surface area contributed by atoms with Crippen LogP contribution in [0.1, 0.15) is 37.3 Å². The van der Waals surface area contributed by atoms with Crippen LogP contribution in [-0.4, -0.2) is 43.2 Å². The molecule has 1 unspecified atom stereocenters. The van der Waals surface area contributed by atoms with Gasteiger partial charge < -0.3 is 15.5 Å². The Morgan fingerprint density at radius 3 is 2.72 bits per heavy atom. The number of aryl methyl sites for hydroxylation is 1. The van der Waals surface area contributed by atoms with Gasteiger partial charge in [-0.05, 0) is 62.6 Å². The number of piperidine rings is 1. The lowest BCUT2D eigenvalue weighted by Crippen LogP contribution is -2.49. The second-order valence-corrected chi connectivity index (χ2v) is 8.68. The minimum atomic E-state index is 0. The molecule has 29 heavy (non-hydrogen) atoms. The van der Waals surface area contributed by atoms with Gasteiger partial charge in [-0.15, -0.1) is 35.3 Å². The fourth-order valence-corrected chi connectivity index (χ4v) is 4.42. The van der Waals surface area contributed by atoms with Crippen molar-refractivity contribution in [1.82, 2.24) is 15.6 Å². The normalized spacial score (nSPS) is 16.2. The van der Waals surface area contributed by atoms with Crippen LogP contribution in [-0.2, 0) is 6.42 Å². The van der Waals surface area contributed by atoms with Crippen LogP contribution in [0, 0.1) is 12.8 Å². The topological polar surface area (TPSA) is 52.6 Å². The Balaban J connectivity index is 0.00000300. The second-order valence-electron chi connectivity index (χ2n) is 7.65. The molecule has 3 rings (SSSR count). The average molecular weight is 528 g/mol. The summed E-state index contributed by atoms with van der Waals surface area (Å²) in [6.07, 6.45) is 3.30. The smallest absolute Gasteiger partial charge is 0.191 e. The summed E-state index contributed by atoms with van der Waals surface area (Å²) in [5, 5.41) is 9.21. The van der Waals surface area contributed by atoms with E-state index in [4.69, 9.17) is 4.99 Å². The van der Waals surface area contributed by atoms with Gasteiger partial charge in [0, 0.05) is 42.8 Å². The van der Waals surface area contributed by atoms with Crippen LogP contribution in [0.4, 0.5) is 5.82 Å². The lowest BCUT2D eigenvalue weighted by Gasteiger charge is -2.34. The summed E-state index contributed by atoms with van der Waals surface area (Å²) in [6, 6.07) is 11.1. The molecule has 1 aliphatic heterocycles. The molecule has 1 fully saturated rings. The van der Waals surface area contributed by atoms with Crippen molar-refractivity contribution in [2.45, 2.75) is 46.1 Å². The van der Waals surface area contributed by atoms with Gasteiger partial charge >= 0.3 is 0 Å². The first-order valence-corrected chi connectivity index (χ1v) is 11.3. The molecule has 0 radical (unpaired) electrons. The van der Waals surface area contributed by atoms with Gasteiger partial charge in [0.15, 0.2) is 5.96 Å². The third kappa shape index (κ3) is 7.77. The van der Waals surface area contributed by atoms with E-state index in [9.17, 15) is 0 Å². The van der Waals surface area contributed by atoms with E-state index in [1.807, 2.05) is 11.3 Å². The van der Waals surface area contributed by atoms with Crippen molar-refractivity contribution in [2.24, 2.45) is 10.9 Å². The van der Waals surface area contributed by atoms with Crippen molar-refractivity contribution in [3.05, 3.63) is 46.3 Å².